The minimum Gasteiger partial charge on any atom is -0.465 e. The van der Waals surface area contributed by atoms with Gasteiger partial charge in [0.1, 0.15) is 11.4 Å². The number of hydrogen-bond acceptors (Lipinski definition) is 6. The van der Waals surface area contributed by atoms with Crippen LogP contribution in [0.3, 0.4) is 0 Å². The standard InChI is InChI=1S/C26H27N5O5/c1-26(2,3)36-24(33)29-20-9-15(18-11-27-13-21-17(18)6-7-31(21)25(34)35)8-16-10-22(28-12-19(16)20)30-23(32)14-4-5-14/h8-14H,4-7H2,1-3H3,(H,29,33)(H,34,35)(H,28,30,32). The molecule has 3 amide bonds. The molecule has 2 aliphatic rings. The van der Waals surface area contributed by atoms with Gasteiger partial charge >= 0.3 is 12.2 Å². The van der Waals surface area contributed by atoms with Gasteiger partial charge in [0.15, 0.2) is 0 Å². The number of rotatable bonds is 4. The van der Waals surface area contributed by atoms with E-state index >= 15 is 0 Å². The van der Waals surface area contributed by atoms with E-state index in [9.17, 15) is 19.5 Å². The van der Waals surface area contributed by atoms with Gasteiger partial charge in [-0.2, -0.15) is 0 Å². The lowest BCUT2D eigenvalue weighted by Crippen LogP contribution is -2.27. The van der Waals surface area contributed by atoms with Crippen molar-refractivity contribution < 1.29 is 24.2 Å². The Kier molecular flexibility index (Phi) is 5.74. The molecule has 10 nitrogen and oxygen atoms in total. The van der Waals surface area contributed by atoms with E-state index in [1.54, 1.807) is 51.5 Å². The van der Waals surface area contributed by atoms with Crippen LogP contribution >= 0.6 is 0 Å². The molecule has 3 N–H and O–H groups in total. The summed E-state index contributed by atoms with van der Waals surface area (Å²) in [6.45, 7) is 5.70. The highest BCUT2D eigenvalue weighted by Gasteiger charge is 2.30. The highest BCUT2D eigenvalue weighted by Crippen LogP contribution is 2.39. The second-order valence-corrected chi connectivity index (χ2v) is 10.1. The van der Waals surface area contributed by atoms with E-state index in [4.69, 9.17) is 4.74 Å². The Morgan fingerprint density at radius 1 is 1.08 bits per heavy atom. The van der Waals surface area contributed by atoms with Crippen molar-refractivity contribution >= 4 is 46.1 Å². The lowest BCUT2D eigenvalue weighted by atomic mass is 9.97. The fraction of sp³-hybridized carbons (Fsp3) is 0.346. The number of aromatic nitrogens is 2. The molecule has 0 bridgehead atoms. The number of anilines is 3. The lowest BCUT2D eigenvalue weighted by Gasteiger charge is -2.20. The number of amides is 3. The molecule has 186 valence electrons. The quantitative estimate of drug-likeness (QED) is 0.468. The third-order valence-electron chi connectivity index (χ3n) is 6.12. The maximum Gasteiger partial charge on any atom is 0.412 e. The Bertz CT molecular complexity index is 1390. The first-order chi connectivity index (χ1) is 17.1. The average molecular weight is 490 g/mol. The van der Waals surface area contributed by atoms with Crippen molar-refractivity contribution in [2.45, 2.75) is 45.6 Å². The zero-order chi connectivity index (χ0) is 25.6. The Morgan fingerprint density at radius 2 is 1.86 bits per heavy atom. The Balaban J connectivity index is 1.59. The SMILES string of the molecule is CC(C)(C)OC(=O)Nc1cc(-c2cncc3c2CCN3C(=O)O)cc2cc(NC(=O)C3CC3)ncc12. The molecule has 0 spiro atoms. The summed E-state index contributed by atoms with van der Waals surface area (Å²) in [5, 5.41) is 16.6. The molecule has 0 atom stereocenters. The van der Waals surface area contributed by atoms with Crippen molar-refractivity contribution in [1.82, 2.24) is 9.97 Å². The highest BCUT2D eigenvalue weighted by atomic mass is 16.6. The third kappa shape index (κ3) is 4.79. The smallest absolute Gasteiger partial charge is 0.412 e. The molecule has 2 aromatic heterocycles. The molecule has 10 heteroatoms. The Morgan fingerprint density at radius 3 is 2.56 bits per heavy atom. The monoisotopic (exact) mass is 489 g/mol. The van der Waals surface area contributed by atoms with Crippen molar-refractivity contribution in [3.63, 3.8) is 0 Å². The van der Waals surface area contributed by atoms with Crippen LogP contribution in [0.5, 0.6) is 0 Å². The summed E-state index contributed by atoms with van der Waals surface area (Å²) in [6.07, 6.45) is 5.52. The number of ether oxygens (including phenoxy) is 1. The van der Waals surface area contributed by atoms with Crippen LogP contribution in [-0.2, 0) is 16.0 Å². The van der Waals surface area contributed by atoms with Crippen molar-refractivity contribution in [2.75, 3.05) is 22.1 Å². The van der Waals surface area contributed by atoms with E-state index in [-0.39, 0.29) is 11.8 Å². The first-order valence-electron chi connectivity index (χ1n) is 11.8. The molecule has 36 heavy (non-hydrogen) atoms. The van der Waals surface area contributed by atoms with Gasteiger partial charge in [0.05, 0.1) is 17.6 Å². The van der Waals surface area contributed by atoms with Crippen LogP contribution in [0.1, 0.15) is 39.2 Å². The summed E-state index contributed by atoms with van der Waals surface area (Å²) in [5.41, 5.74) is 2.73. The summed E-state index contributed by atoms with van der Waals surface area (Å²) < 4.78 is 5.45. The fourth-order valence-electron chi connectivity index (χ4n) is 4.34. The fourth-order valence-corrected chi connectivity index (χ4v) is 4.34. The van der Waals surface area contributed by atoms with Crippen LogP contribution < -0.4 is 15.5 Å². The number of pyridine rings is 2. The molecule has 0 saturated heterocycles. The lowest BCUT2D eigenvalue weighted by molar-refractivity contribution is -0.117. The second-order valence-electron chi connectivity index (χ2n) is 10.1. The zero-order valence-corrected chi connectivity index (χ0v) is 20.3. The topological polar surface area (TPSA) is 134 Å². The second kappa shape index (κ2) is 8.78. The molecule has 1 fully saturated rings. The van der Waals surface area contributed by atoms with E-state index in [0.29, 0.717) is 35.5 Å². The Hall–Kier alpha value is -4.21. The molecule has 0 radical (unpaired) electrons. The van der Waals surface area contributed by atoms with Gasteiger partial charge in [-0.1, -0.05) is 0 Å². The van der Waals surface area contributed by atoms with Crippen molar-refractivity contribution in [3.8, 4) is 11.1 Å². The van der Waals surface area contributed by atoms with E-state index in [0.717, 1.165) is 34.9 Å². The normalized spacial score (nSPS) is 14.9. The molecule has 3 aromatic rings. The van der Waals surface area contributed by atoms with Crippen LogP contribution in [-0.4, -0.2) is 45.3 Å². The van der Waals surface area contributed by atoms with Gasteiger partial charge in [0.2, 0.25) is 5.91 Å². The van der Waals surface area contributed by atoms with Crippen molar-refractivity contribution in [2.24, 2.45) is 5.92 Å². The number of nitrogens with zero attached hydrogens (tertiary/aromatic N) is 3. The summed E-state index contributed by atoms with van der Waals surface area (Å²) in [6, 6.07) is 5.49. The predicted octanol–water partition coefficient (Wildman–Crippen LogP) is 5.03. The molecule has 1 aliphatic heterocycles. The van der Waals surface area contributed by atoms with E-state index in [1.807, 2.05) is 6.07 Å². The van der Waals surface area contributed by atoms with Crippen molar-refractivity contribution in [1.29, 1.82) is 0 Å². The first-order valence-corrected chi connectivity index (χ1v) is 11.8. The summed E-state index contributed by atoms with van der Waals surface area (Å²) >= 11 is 0. The van der Waals surface area contributed by atoms with Crippen molar-refractivity contribution in [3.05, 3.63) is 42.4 Å². The Labute approximate surface area is 207 Å². The van der Waals surface area contributed by atoms with Gasteiger partial charge in [-0.05, 0) is 74.7 Å². The minimum atomic E-state index is -1.03. The van der Waals surface area contributed by atoms with E-state index in [1.165, 1.54) is 4.90 Å². The van der Waals surface area contributed by atoms with Gasteiger partial charge in [-0.25, -0.2) is 14.6 Å². The zero-order valence-electron chi connectivity index (χ0n) is 20.3. The number of carbonyl (C=O) groups excluding carboxylic acids is 2. The molecule has 1 saturated carbocycles. The summed E-state index contributed by atoms with van der Waals surface area (Å²) in [5.74, 6) is 0.408. The maximum absolute atomic E-state index is 12.6. The molecule has 0 unspecified atom stereocenters. The van der Waals surface area contributed by atoms with Crippen LogP contribution in [0.15, 0.2) is 36.8 Å². The van der Waals surface area contributed by atoms with E-state index < -0.39 is 17.8 Å². The summed E-state index contributed by atoms with van der Waals surface area (Å²) in [7, 11) is 0. The van der Waals surface area contributed by atoms with Crippen LogP contribution in [0.4, 0.5) is 26.8 Å². The first kappa shape index (κ1) is 23.5. The number of fused-ring (bicyclic) bond motifs is 2. The average Bonchev–Trinajstić information content (AvgIpc) is 3.55. The highest BCUT2D eigenvalue weighted by molar-refractivity contribution is 6.04. The van der Waals surface area contributed by atoms with Crippen LogP contribution in [0.25, 0.3) is 21.9 Å². The van der Waals surface area contributed by atoms with Gasteiger partial charge in [0, 0.05) is 35.8 Å². The maximum atomic E-state index is 12.6. The predicted molar refractivity (Wildman–Crippen MR) is 135 cm³/mol. The molecular formula is C26H27N5O5. The number of nitrogens with one attached hydrogen (secondary N) is 2. The summed E-state index contributed by atoms with van der Waals surface area (Å²) in [4.78, 5) is 46.5. The largest absolute Gasteiger partial charge is 0.465 e. The molecule has 1 aliphatic carbocycles. The van der Waals surface area contributed by atoms with E-state index in [2.05, 4.69) is 20.6 Å². The number of carboxylic acid groups (broad SMARTS) is 1. The molecule has 5 rings (SSSR count). The van der Waals surface area contributed by atoms with Crippen LogP contribution in [0, 0.1) is 5.92 Å². The third-order valence-corrected chi connectivity index (χ3v) is 6.12. The number of carbonyl (C=O) groups is 3. The minimum absolute atomic E-state index is 0.0355. The van der Waals surface area contributed by atoms with Gasteiger partial charge in [-0.15, -0.1) is 0 Å². The molecule has 3 heterocycles. The molecular weight excluding hydrogens is 462 g/mol. The number of hydrogen-bond donors (Lipinski definition) is 3. The van der Waals surface area contributed by atoms with Crippen LogP contribution in [0.2, 0.25) is 0 Å². The molecule has 1 aromatic carbocycles. The van der Waals surface area contributed by atoms with Gasteiger partial charge < -0.3 is 15.2 Å². The van der Waals surface area contributed by atoms with Gasteiger partial charge in [-0.3, -0.25) is 20.0 Å². The number of benzene rings is 1. The van der Waals surface area contributed by atoms with Gasteiger partial charge in [0.25, 0.3) is 0 Å².